The van der Waals surface area contributed by atoms with E-state index in [0.29, 0.717) is 12.6 Å². The molecular weight excluding hydrogens is 528 g/mol. The van der Waals surface area contributed by atoms with Gasteiger partial charge in [0, 0.05) is 22.0 Å². The van der Waals surface area contributed by atoms with Crippen molar-refractivity contribution < 1.29 is 4.74 Å². The molecule has 0 aliphatic carbocycles. The molecule has 0 fully saturated rings. The molecule has 5 rings (SSSR count). The van der Waals surface area contributed by atoms with Gasteiger partial charge in [0.2, 0.25) is 0 Å². The molecular formula is C29H29BrN6O. The number of halogens is 1. The summed E-state index contributed by atoms with van der Waals surface area (Å²) in [6.45, 7) is 9.97. The number of rotatable bonds is 7. The number of aromatic nitrogens is 4. The lowest BCUT2D eigenvalue weighted by Crippen LogP contribution is -2.10. The maximum absolute atomic E-state index is 6.14. The number of fused-ring (bicyclic) bond motifs is 3. The van der Waals surface area contributed by atoms with Crippen molar-refractivity contribution in [3.05, 3.63) is 87.9 Å². The van der Waals surface area contributed by atoms with Crippen molar-refractivity contribution in [1.29, 1.82) is 0 Å². The van der Waals surface area contributed by atoms with Crippen LogP contribution < -0.4 is 10.2 Å². The highest BCUT2D eigenvalue weighted by Gasteiger charge is 2.14. The molecule has 0 saturated carbocycles. The van der Waals surface area contributed by atoms with Gasteiger partial charge < -0.3 is 9.30 Å². The fourth-order valence-corrected chi connectivity index (χ4v) is 4.62. The highest BCUT2D eigenvalue weighted by molar-refractivity contribution is 9.10. The number of para-hydroxylation sites is 1. The van der Waals surface area contributed by atoms with Crippen molar-refractivity contribution >= 4 is 50.2 Å². The van der Waals surface area contributed by atoms with E-state index in [1.54, 1.807) is 6.21 Å². The van der Waals surface area contributed by atoms with Crippen molar-refractivity contribution in [1.82, 2.24) is 19.7 Å². The first-order valence-electron chi connectivity index (χ1n) is 12.3. The van der Waals surface area contributed by atoms with Gasteiger partial charge in [0.25, 0.3) is 5.95 Å². The highest BCUT2D eigenvalue weighted by Crippen LogP contribution is 2.27. The Morgan fingerprint density at radius 1 is 1.03 bits per heavy atom. The summed E-state index contributed by atoms with van der Waals surface area (Å²) in [6.07, 6.45) is 1.70. The van der Waals surface area contributed by atoms with E-state index in [2.05, 4.69) is 104 Å². The van der Waals surface area contributed by atoms with Crippen LogP contribution in [0.3, 0.4) is 0 Å². The molecule has 0 aliphatic heterocycles. The van der Waals surface area contributed by atoms with Crippen molar-refractivity contribution in [2.75, 3.05) is 5.43 Å². The molecule has 0 radical (unpaired) electrons. The van der Waals surface area contributed by atoms with Gasteiger partial charge in [-0.1, -0.05) is 79.2 Å². The summed E-state index contributed by atoms with van der Waals surface area (Å²) in [6, 6.07) is 22.5. The van der Waals surface area contributed by atoms with E-state index in [4.69, 9.17) is 4.74 Å². The zero-order chi connectivity index (χ0) is 26.0. The molecule has 0 amide bonds. The van der Waals surface area contributed by atoms with Crippen LogP contribution >= 0.6 is 15.9 Å². The number of nitrogens with zero attached hydrogens (tertiary/aromatic N) is 5. The predicted octanol–water partition coefficient (Wildman–Crippen LogP) is 7.08. The summed E-state index contributed by atoms with van der Waals surface area (Å²) in [7, 11) is 0. The van der Waals surface area contributed by atoms with E-state index in [0.717, 1.165) is 50.0 Å². The smallest absolute Gasteiger partial charge is 0.265 e. The van der Waals surface area contributed by atoms with E-state index in [-0.39, 0.29) is 5.41 Å². The zero-order valence-corrected chi connectivity index (χ0v) is 23.0. The molecule has 188 valence electrons. The van der Waals surface area contributed by atoms with Crippen LogP contribution in [0.1, 0.15) is 44.4 Å². The lowest BCUT2D eigenvalue weighted by atomic mass is 9.87. The van der Waals surface area contributed by atoms with E-state index < -0.39 is 0 Å². The molecule has 0 spiro atoms. The molecule has 7 nitrogen and oxygen atoms in total. The van der Waals surface area contributed by atoms with Crippen LogP contribution in [-0.2, 0) is 18.6 Å². The molecule has 0 aliphatic rings. The average molecular weight is 557 g/mol. The third kappa shape index (κ3) is 5.34. The minimum absolute atomic E-state index is 0.124. The highest BCUT2D eigenvalue weighted by atomic mass is 79.9. The van der Waals surface area contributed by atoms with Crippen LogP contribution in [-0.4, -0.2) is 26.0 Å². The molecule has 3 aromatic carbocycles. The van der Waals surface area contributed by atoms with E-state index in [1.165, 1.54) is 5.56 Å². The molecule has 0 bridgehead atoms. The number of hydrogen-bond donors (Lipinski definition) is 1. The molecule has 0 unspecified atom stereocenters. The summed E-state index contributed by atoms with van der Waals surface area (Å²) in [5.74, 6) is 1.06. The molecule has 1 N–H and O–H groups in total. The number of benzene rings is 3. The Labute approximate surface area is 224 Å². The minimum atomic E-state index is 0.124. The van der Waals surface area contributed by atoms with E-state index >= 15 is 0 Å². The first-order chi connectivity index (χ1) is 17.8. The van der Waals surface area contributed by atoms with Gasteiger partial charge in [0.15, 0.2) is 5.65 Å². The second-order valence-electron chi connectivity index (χ2n) is 9.86. The number of ether oxygens (including phenoxy) is 1. The van der Waals surface area contributed by atoms with Crippen LogP contribution in [0.2, 0.25) is 0 Å². The molecule has 2 heterocycles. The fourth-order valence-electron chi connectivity index (χ4n) is 4.24. The largest absolute Gasteiger partial charge is 0.488 e. The third-order valence-electron chi connectivity index (χ3n) is 6.24. The molecule has 2 aromatic heterocycles. The van der Waals surface area contributed by atoms with Gasteiger partial charge in [-0.3, -0.25) is 0 Å². The summed E-state index contributed by atoms with van der Waals surface area (Å²) in [5, 5.41) is 14.1. The van der Waals surface area contributed by atoms with Crippen molar-refractivity contribution in [2.24, 2.45) is 5.10 Å². The number of hydrazone groups is 1. The van der Waals surface area contributed by atoms with Crippen LogP contribution in [0.25, 0.3) is 22.1 Å². The predicted molar refractivity (Wildman–Crippen MR) is 153 cm³/mol. The van der Waals surface area contributed by atoms with Crippen molar-refractivity contribution in [3.8, 4) is 5.75 Å². The molecule has 0 saturated heterocycles. The van der Waals surface area contributed by atoms with Crippen LogP contribution in [0.15, 0.2) is 76.3 Å². The molecule has 8 heteroatoms. The summed E-state index contributed by atoms with van der Waals surface area (Å²) < 4.78 is 9.20. The normalized spacial score (nSPS) is 12.0. The molecule has 5 aromatic rings. The Morgan fingerprint density at radius 3 is 2.57 bits per heavy atom. The number of aryl methyl sites for hydroxylation is 1. The van der Waals surface area contributed by atoms with Crippen LogP contribution in [0.5, 0.6) is 5.75 Å². The topological polar surface area (TPSA) is 77.2 Å². The van der Waals surface area contributed by atoms with Crippen LogP contribution in [0, 0.1) is 0 Å². The Bertz CT molecular complexity index is 1580. The van der Waals surface area contributed by atoms with E-state index in [9.17, 15) is 0 Å². The first kappa shape index (κ1) is 24.9. The minimum Gasteiger partial charge on any atom is -0.488 e. The molecule has 37 heavy (non-hydrogen) atoms. The lowest BCUT2D eigenvalue weighted by Gasteiger charge is -2.19. The quantitative estimate of drug-likeness (QED) is 0.171. The maximum Gasteiger partial charge on any atom is 0.265 e. The standard InChI is InChI=1S/C29H29BrN6O/c1-5-36-24-9-7-6-8-23(24)26-27(36)32-28(35-33-26)34-31-17-20-16-22(30)14-15-25(20)37-18-19-10-12-21(13-11-19)29(2,3)4/h6-17H,5,18H2,1-4H3,(H,32,34,35)/b31-17+. The Balaban J connectivity index is 1.33. The van der Waals surface area contributed by atoms with Gasteiger partial charge in [0.1, 0.15) is 17.9 Å². The van der Waals surface area contributed by atoms with E-state index in [1.807, 2.05) is 36.4 Å². The third-order valence-corrected chi connectivity index (χ3v) is 6.74. The Kier molecular flexibility index (Phi) is 6.93. The average Bonchev–Trinajstić information content (AvgIpc) is 3.21. The second-order valence-corrected chi connectivity index (χ2v) is 10.8. The number of anilines is 1. The van der Waals surface area contributed by atoms with Crippen LogP contribution in [0.4, 0.5) is 5.95 Å². The SMILES string of the molecule is CCn1c2ccccc2c2nnc(N/N=C/c3cc(Br)ccc3OCc3ccc(C(C)(C)C)cc3)nc21. The number of nitrogens with one attached hydrogen (secondary N) is 1. The van der Waals surface area contributed by atoms with Gasteiger partial charge in [-0.05, 0) is 47.7 Å². The maximum atomic E-state index is 6.14. The lowest BCUT2D eigenvalue weighted by molar-refractivity contribution is 0.305. The number of hydrogen-bond acceptors (Lipinski definition) is 6. The fraction of sp³-hybridized carbons (Fsp3) is 0.241. The van der Waals surface area contributed by atoms with Gasteiger partial charge >= 0.3 is 0 Å². The van der Waals surface area contributed by atoms with Gasteiger partial charge in [-0.15, -0.1) is 10.2 Å². The van der Waals surface area contributed by atoms with Gasteiger partial charge in [-0.2, -0.15) is 10.1 Å². The monoisotopic (exact) mass is 556 g/mol. The Morgan fingerprint density at radius 2 is 1.81 bits per heavy atom. The summed E-state index contributed by atoms with van der Waals surface area (Å²) >= 11 is 3.54. The van der Waals surface area contributed by atoms with Gasteiger partial charge in [0.05, 0.1) is 11.7 Å². The van der Waals surface area contributed by atoms with Crippen molar-refractivity contribution in [3.63, 3.8) is 0 Å². The first-order valence-corrected chi connectivity index (χ1v) is 13.1. The van der Waals surface area contributed by atoms with Gasteiger partial charge in [-0.25, -0.2) is 5.43 Å². The zero-order valence-electron chi connectivity index (χ0n) is 21.4. The van der Waals surface area contributed by atoms with Crippen molar-refractivity contribution in [2.45, 2.75) is 46.3 Å². The Hall–Kier alpha value is -3.78. The second kappa shape index (κ2) is 10.3. The summed E-state index contributed by atoms with van der Waals surface area (Å²) in [5.41, 5.74) is 8.93. The molecule has 0 atom stereocenters. The summed E-state index contributed by atoms with van der Waals surface area (Å²) in [4.78, 5) is 4.68.